The minimum Gasteiger partial charge on any atom is -0.402 e. The van der Waals surface area contributed by atoms with E-state index in [0.29, 0.717) is 12.1 Å². The zero-order valence-corrected chi connectivity index (χ0v) is 9.52. The van der Waals surface area contributed by atoms with Gasteiger partial charge in [0.15, 0.2) is 0 Å². The third kappa shape index (κ3) is 4.30. The number of allylic oxidation sites excluding steroid dienone is 1. The zero-order chi connectivity index (χ0) is 11.0. The summed E-state index contributed by atoms with van der Waals surface area (Å²) in [6, 6.07) is 0. The Morgan fingerprint density at radius 2 is 1.86 bits per heavy atom. The summed E-state index contributed by atoms with van der Waals surface area (Å²) in [6.07, 6.45) is 3.56. The smallest absolute Gasteiger partial charge is 0.248 e. The van der Waals surface area contributed by atoms with Crippen LogP contribution in [0.25, 0.3) is 0 Å². The first-order valence-corrected chi connectivity index (χ1v) is 5.42. The Morgan fingerprint density at radius 3 is 2.29 bits per heavy atom. The summed E-state index contributed by atoms with van der Waals surface area (Å²) in [5.74, 6) is 0.000278. The topological polar surface area (TPSA) is 55.1 Å². The average Bonchev–Trinajstić information content (AvgIpc) is 2.19. The number of nitrogens with two attached hydrogens (primary N) is 1. The van der Waals surface area contributed by atoms with Crippen LogP contribution in [0.2, 0.25) is 0 Å². The average molecular weight is 198 g/mol. The number of carbonyl (C=O) groups excluding carboxylic acids is 1. The Hall–Kier alpha value is -0.990. The van der Waals surface area contributed by atoms with Crippen LogP contribution in [0.15, 0.2) is 11.3 Å². The Bertz CT molecular complexity index is 209. The minimum absolute atomic E-state index is 0.000278. The van der Waals surface area contributed by atoms with Gasteiger partial charge in [-0.2, -0.15) is 0 Å². The van der Waals surface area contributed by atoms with Crippen LogP contribution in [-0.4, -0.2) is 12.5 Å². The van der Waals surface area contributed by atoms with Crippen LogP contribution in [0.5, 0.6) is 0 Å². The molecule has 0 saturated carbocycles. The van der Waals surface area contributed by atoms with E-state index in [-0.39, 0.29) is 5.91 Å². The normalized spacial score (nSPS) is 12.2. The monoisotopic (exact) mass is 198 g/mol. The highest BCUT2D eigenvalue weighted by Crippen LogP contribution is 2.07. The largest absolute Gasteiger partial charge is 0.402 e. The molecular formula is C11H22N2O. The molecule has 0 aromatic carbocycles. The predicted octanol–water partition coefficient (Wildman–Crippen LogP) is 1.94. The van der Waals surface area contributed by atoms with Gasteiger partial charge < -0.3 is 11.1 Å². The fourth-order valence-corrected chi connectivity index (χ4v) is 1.23. The summed E-state index contributed by atoms with van der Waals surface area (Å²) in [4.78, 5) is 11.6. The molecule has 0 aromatic heterocycles. The van der Waals surface area contributed by atoms with Gasteiger partial charge in [0.05, 0.1) is 0 Å². The first-order chi connectivity index (χ1) is 6.67. The number of hydrogen-bond acceptors (Lipinski definition) is 2. The van der Waals surface area contributed by atoms with Crippen molar-refractivity contribution in [2.24, 2.45) is 5.73 Å². The van der Waals surface area contributed by atoms with E-state index in [1.807, 2.05) is 13.8 Å². The molecule has 0 rings (SSSR count). The van der Waals surface area contributed by atoms with Crippen LogP contribution < -0.4 is 11.1 Å². The molecule has 0 spiro atoms. The maximum absolute atomic E-state index is 11.6. The summed E-state index contributed by atoms with van der Waals surface area (Å²) < 4.78 is 0. The molecule has 0 radical (unpaired) electrons. The number of carbonyl (C=O) groups is 1. The molecule has 0 bridgehead atoms. The Morgan fingerprint density at radius 1 is 1.21 bits per heavy atom. The molecule has 0 unspecified atom stereocenters. The van der Waals surface area contributed by atoms with Crippen molar-refractivity contribution in [2.75, 3.05) is 6.54 Å². The highest BCUT2D eigenvalue weighted by molar-refractivity contribution is 5.93. The first-order valence-electron chi connectivity index (χ1n) is 5.42. The van der Waals surface area contributed by atoms with Crippen molar-refractivity contribution in [1.29, 1.82) is 0 Å². The second kappa shape index (κ2) is 7.42. The second-order valence-corrected chi connectivity index (χ2v) is 3.32. The SMILES string of the molecule is CCCCNC(=O)/C(CC)=C(/N)CC. The molecule has 0 saturated heterocycles. The van der Waals surface area contributed by atoms with Crippen molar-refractivity contribution >= 4 is 5.91 Å². The van der Waals surface area contributed by atoms with Crippen molar-refractivity contribution in [3.8, 4) is 0 Å². The molecule has 0 atom stereocenters. The fraction of sp³-hybridized carbons (Fsp3) is 0.727. The molecule has 82 valence electrons. The maximum atomic E-state index is 11.6. The summed E-state index contributed by atoms with van der Waals surface area (Å²) >= 11 is 0. The van der Waals surface area contributed by atoms with Crippen LogP contribution in [0.4, 0.5) is 0 Å². The highest BCUT2D eigenvalue weighted by atomic mass is 16.1. The van der Waals surface area contributed by atoms with E-state index in [1.54, 1.807) is 0 Å². The van der Waals surface area contributed by atoms with Crippen molar-refractivity contribution in [1.82, 2.24) is 5.32 Å². The minimum atomic E-state index is 0.000278. The first kappa shape index (κ1) is 13.0. The number of rotatable bonds is 6. The van der Waals surface area contributed by atoms with Crippen LogP contribution in [0.1, 0.15) is 46.5 Å². The molecule has 0 fully saturated rings. The van der Waals surface area contributed by atoms with Crippen molar-refractivity contribution in [2.45, 2.75) is 46.5 Å². The van der Waals surface area contributed by atoms with Gasteiger partial charge in [-0.05, 0) is 19.3 Å². The van der Waals surface area contributed by atoms with Gasteiger partial charge in [-0.25, -0.2) is 0 Å². The Balaban J connectivity index is 4.19. The molecule has 0 aromatic rings. The van der Waals surface area contributed by atoms with Crippen LogP contribution >= 0.6 is 0 Å². The lowest BCUT2D eigenvalue weighted by atomic mass is 10.1. The standard InChI is InChI=1S/C11H22N2O/c1-4-7-8-13-11(14)9(5-2)10(12)6-3/h4-8,12H2,1-3H3,(H,13,14)/b10-9+. The lowest BCUT2D eigenvalue weighted by Gasteiger charge is -2.09. The van der Waals surface area contributed by atoms with Gasteiger partial charge in [0.25, 0.3) is 0 Å². The van der Waals surface area contributed by atoms with Gasteiger partial charge in [-0.3, -0.25) is 4.79 Å². The van der Waals surface area contributed by atoms with E-state index in [4.69, 9.17) is 5.73 Å². The van der Waals surface area contributed by atoms with E-state index in [0.717, 1.165) is 31.4 Å². The van der Waals surface area contributed by atoms with Gasteiger partial charge in [-0.1, -0.05) is 27.2 Å². The molecule has 0 aliphatic rings. The number of amides is 1. The zero-order valence-electron chi connectivity index (χ0n) is 9.52. The molecule has 3 heteroatoms. The van der Waals surface area contributed by atoms with E-state index in [2.05, 4.69) is 12.2 Å². The molecule has 3 nitrogen and oxygen atoms in total. The molecule has 0 heterocycles. The number of unbranched alkanes of at least 4 members (excludes halogenated alkanes) is 1. The molecular weight excluding hydrogens is 176 g/mol. The highest BCUT2D eigenvalue weighted by Gasteiger charge is 2.09. The predicted molar refractivity (Wildman–Crippen MR) is 59.7 cm³/mol. The van der Waals surface area contributed by atoms with Crippen molar-refractivity contribution in [3.63, 3.8) is 0 Å². The molecule has 0 aliphatic heterocycles. The summed E-state index contributed by atoms with van der Waals surface area (Å²) in [6.45, 7) is 6.76. The van der Waals surface area contributed by atoms with Crippen LogP contribution in [0.3, 0.4) is 0 Å². The summed E-state index contributed by atoms with van der Waals surface area (Å²) in [7, 11) is 0. The van der Waals surface area contributed by atoms with E-state index >= 15 is 0 Å². The van der Waals surface area contributed by atoms with Gasteiger partial charge >= 0.3 is 0 Å². The maximum Gasteiger partial charge on any atom is 0.248 e. The van der Waals surface area contributed by atoms with Crippen molar-refractivity contribution in [3.05, 3.63) is 11.3 Å². The van der Waals surface area contributed by atoms with E-state index in [1.165, 1.54) is 0 Å². The van der Waals surface area contributed by atoms with Gasteiger partial charge in [0, 0.05) is 17.8 Å². The third-order valence-corrected chi connectivity index (χ3v) is 2.21. The fourth-order valence-electron chi connectivity index (χ4n) is 1.23. The van der Waals surface area contributed by atoms with Gasteiger partial charge in [0.1, 0.15) is 0 Å². The number of hydrogen-bond donors (Lipinski definition) is 2. The quantitative estimate of drug-likeness (QED) is 0.506. The van der Waals surface area contributed by atoms with Gasteiger partial charge in [-0.15, -0.1) is 0 Å². The van der Waals surface area contributed by atoms with Crippen molar-refractivity contribution < 1.29 is 4.79 Å². The summed E-state index contributed by atoms with van der Waals surface area (Å²) in [5.41, 5.74) is 7.20. The Kier molecular flexibility index (Phi) is 6.89. The molecule has 1 amide bonds. The van der Waals surface area contributed by atoms with Gasteiger partial charge in [0.2, 0.25) is 5.91 Å². The van der Waals surface area contributed by atoms with E-state index in [9.17, 15) is 4.79 Å². The van der Waals surface area contributed by atoms with E-state index < -0.39 is 0 Å². The lowest BCUT2D eigenvalue weighted by Crippen LogP contribution is -2.27. The molecule has 0 aliphatic carbocycles. The number of nitrogens with one attached hydrogen (secondary N) is 1. The summed E-state index contributed by atoms with van der Waals surface area (Å²) in [5, 5.41) is 2.87. The Labute approximate surface area is 86.8 Å². The second-order valence-electron chi connectivity index (χ2n) is 3.32. The van der Waals surface area contributed by atoms with Crippen LogP contribution in [0, 0.1) is 0 Å². The van der Waals surface area contributed by atoms with Crippen LogP contribution in [-0.2, 0) is 4.79 Å². The molecule has 14 heavy (non-hydrogen) atoms. The molecule has 3 N–H and O–H groups in total. The lowest BCUT2D eigenvalue weighted by molar-refractivity contribution is -0.117. The third-order valence-electron chi connectivity index (χ3n) is 2.21.